The minimum atomic E-state index is 0.175. The van der Waals surface area contributed by atoms with Crippen LogP contribution in [0.4, 0.5) is 0 Å². The molecule has 0 spiro atoms. The van der Waals surface area contributed by atoms with E-state index in [1.54, 1.807) is 48.5 Å². The van der Waals surface area contributed by atoms with Gasteiger partial charge in [0.05, 0.1) is 11.0 Å². The highest BCUT2D eigenvalue weighted by molar-refractivity contribution is 6.00. The zero-order valence-electron chi connectivity index (χ0n) is 25.9. The van der Waals surface area contributed by atoms with Gasteiger partial charge in [-0.15, -0.1) is 0 Å². The molecule has 0 bridgehead atoms. The number of benzene rings is 5. The Labute approximate surface area is 202 Å². The van der Waals surface area contributed by atoms with E-state index in [4.69, 9.17) is 11.0 Å². The second-order valence-corrected chi connectivity index (χ2v) is 7.64. The fourth-order valence-electron chi connectivity index (χ4n) is 4.43. The second-order valence-electron chi connectivity index (χ2n) is 7.64. The Balaban J connectivity index is 2.04. The summed E-state index contributed by atoms with van der Waals surface area (Å²) in [5.74, 6) is 0. The van der Waals surface area contributed by atoms with Crippen LogP contribution in [0.3, 0.4) is 0 Å². The van der Waals surface area contributed by atoms with Crippen molar-refractivity contribution >= 4 is 0 Å². The molecule has 154 valence electrons. The summed E-state index contributed by atoms with van der Waals surface area (Å²) in [6, 6.07) is 20.7. The molecule has 0 aromatic heterocycles. The SMILES string of the molecule is [2H]c1cc([2H])cc(-c2c(C)c(-c3cc([2H])cc([2H])c3)c(-c3cc([2H])cc([2H])c3)c(C)c2-c2cc([2H])cc([2H])c2)c1. The molecule has 0 aliphatic carbocycles. The van der Waals surface area contributed by atoms with Gasteiger partial charge >= 0.3 is 0 Å². The molecule has 0 heteroatoms. The lowest BCUT2D eigenvalue weighted by atomic mass is 9.78. The Hall–Kier alpha value is -3.90. The monoisotopic (exact) mass is 418 g/mol. The minimum Gasteiger partial charge on any atom is -0.0622 e. The molecule has 0 atom stereocenters. The average Bonchev–Trinajstić information content (AvgIpc) is 2.82. The van der Waals surface area contributed by atoms with Gasteiger partial charge in [0.25, 0.3) is 0 Å². The first-order chi connectivity index (χ1) is 18.9. The summed E-state index contributed by atoms with van der Waals surface area (Å²) in [4.78, 5) is 0. The average molecular weight is 419 g/mol. The molecular formula is C32H26. The smallest absolute Gasteiger partial charge is 0.0622 e. The van der Waals surface area contributed by atoms with Crippen molar-refractivity contribution in [2.24, 2.45) is 0 Å². The summed E-state index contributed by atoms with van der Waals surface area (Å²) in [7, 11) is 0. The Bertz CT molecular complexity index is 1470. The van der Waals surface area contributed by atoms with E-state index in [0.29, 0.717) is 22.3 Å². The summed E-state index contributed by atoms with van der Waals surface area (Å²) in [5, 5.41) is 0. The molecule has 5 aromatic carbocycles. The van der Waals surface area contributed by atoms with Crippen LogP contribution in [0.5, 0.6) is 0 Å². The van der Waals surface area contributed by atoms with Crippen LogP contribution in [0.2, 0.25) is 0 Å². The predicted molar refractivity (Wildman–Crippen MR) is 138 cm³/mol. The van der Waals surface area contributed by atoms with Crippen LogP contribution in [0.1, 0.15) is 22.1 Å². The first-order valence-electron chi connectivity index (χ1n) is 14.4. The highest BCUT2D eigenvalue weighted by Crippen LogP contribution is 2.48. The maximum Gasteiger partial charge on any atom is 0.0623 e. The van der Waals surface area contributed by atoms with Crippen molar-refractivity contribution in [1.82, 2.24) is 0 Å². The Morgan fingerprint density at radius 3 is 0.750 bits per heavy atom. The Morgan fingerprint density at radius 1 is 0.375 bits per heavy atom. The molecule has 0 saturated carbocycles. The van der Waals surface area contributed by atoms with Gasteiger partial charge in [0.2, 0.25) is 0 Å². The lowest BCUT2D eigenvalue weighted by Crippen LogP contribution is -2.01. The lowest BCUT2D eigenvalue weighted by molar-refractivity contribution is 1.38. The topological polar surface area (TPSA) is 0 Å². The summed E-state index contributed by atoms with van der Waals surface area (Å²) in [6.45, 7) is 3.83. The van der Waals surface area contributed by atoms with Crippen molar-refractivity contribution in [3.05, 3.63) is 132 Å². The molecule has 0 fully saturated rings. The van der Waals surface area contributed by atoms with Gasteiger partial charge in [0, 0.05) is 0 Å². The minimum absolute atomic E-state index is 0.175. The quantitative estimate of drug-likeness (QED) is 0.273. The van der Waals surface area contributed by atoms with E-state index >= 15 is 0 Å². The van der Waals surface area contributed by atoms with E-state index in [9.17, 15) is 0 Å². The molecule has 0 saturated heterocycles. The standard InChI is InChI=1S/C32H26/c1-23-29(25-15-7-3-8-16-25)31(27-19-11-5-12-20-27)24(2)32(28-21-13-6-14-22-28)30(23)26-17-9-4-10-18-26/h3-22H,1-2H3/i7D,8D,9D,10D,11D,12D,13D,14D. The molecule has 32 heavy (non-hydrogen) atoms. The van der Waals surface area contributed by atoms with E-state index in [1.807, 2.05) is 13.8 Å². The molecule has 0 unspecified atom stereocenters. The molecule has 0 radical (unpaired) electrons. The van der Waals surface area contributed by atoms with E-state index in [0.717, 1.165) is 33.4 Å². The van der Waals surface area contributed by atoms with Crippen molar-refractivity contribution in [3.8, 4) is 44.5 Å². The normalized spacial score (nSPS) is 14.3. The molecule has 0 N–H and O–H groups in total. The molecule has 0 amide bonds. The van der Waals surface area contributed by atoms with Crippen molar-refractivity contribution in [3.63, 3.8) is 0 Å². The maximum absolute atomic E-state index is 8.32. The third-order valence-corrected chi connectivity index (χ3v) is 5.73. The highest BCUT2D eigenvalue weighted by atomic mass is 14.3. The zero-order chi connectivity index (χ0) is 28.9. The summed E-state index contributed by atoms with van der Waals surface area (Å²) >= 11 is 0. The fourth-order valence-corrected chi connectivity index (χ4v) is 4.43. The van der Waals surface area contributed by atoms with Crippen LogP contribution in [-0.4, -0.2) is 0 Å². The predicted octanol–water partition coefficient (Wildman–Crippen LogP) is 8.97. The van der Waals surface area contributed by atoms with Gasteiger partial charge in [-0.3, -0.25) is 0 Å². The highest BCUT2D eigenvalue weighted by Gasteiger charge is 2.23. The van der Waals surface area contributed by atoms with Gasteiger partial charge in [0.15, 0.2) is 0 Å². The van der Waals surface area contributed by atoms with Crippen LogP contribution in [0.15, 0.2) is 121 Å². The molecule has 0 aliphatic heterocycles. The van der Waals surface area contributed by atoms with Gasteiger partial charge in [-0.2, -0.15) is 0 Å². The Kier molecular flexibility index (Phi) is 3.48. The van der Waals surface area contributed by atoms with Gasteiger partial charge < -0.3 is 0 Å². The van der Waals surface area contributed by atoms with Crippen LogP contribution in [0, 0.1) is 13.8 Å². The zero-order valence-corrected chi connectivity index (χ0v) is 17.9. The largest absolute Gasteiger partial charge is 0.0623 e. The third kappa shape index (κ3) is 3.55. The van der Waals surface area contributed by atoms with Crippen LogP contribution < -0.4 is 0 Å². The van der Waals surface area contributed by atoms with Crippen molar-refractivity contribution in [1.29, 1.82) is 0 Å². The van der Waals surface area contributed by atoms with Crippen LogP contribution >= 0.6 is 0 Å². The molecule has 0 heterocycles. The van der Waals surface area contributed by atoms with Gasteiger partial charge in [-0.1, -0.05) is 121 Å². The summed E-state index contributed by atoms with van der Waals surface area (Å²) in [5.41, 5.74) is 6.93. The van der Waals surface area contributed by atoms with Crippen LogP contribution in [0.25, 0.3) is 44.5 Å². The summed E-state index contributed by atoms with van der Waals surface area (Å²) in [6.07, 6.45) is 0. The number of hydrogen-bond acceptors (Lipinski definition) is 0. The second kappa shape index (κ2) is 8.69. The Morgan fingerprint density at radius 2 is 0.562 bits per heavy atom. The number of hydrogen-bond donors (Lipinski definition) is 0. The fraction of sp³-hybridized carbons (Fsp3) is 0.0625. The lowest BCUT2D eigenvalue weighted by Gasteiger charge is -2.25. The first-order valence-corrected chi connectivity index (χ1v) is 10.4. The third-order valence-electron chi connectivity index (χ3n) is 5.73. The van der Waals surface area contributed by atoms with Gasteiger partial charge in [0.1, 0.15) is 0 Å². The van der Waals surface area contributed by atoms with E-state index in [2.05, 4.69) is 0 Å². The maximum atomic E-state index is 8.32. The first kappa shape index (κ1) is 12.8. The van der Waals surface area contributed by atoms with E-state index in [1.165, 1.54) is 24.3 Å². The molecule has 5 aromatic rings. The van der Waals surface area contributed by atoms with E-state index < -0.39 is 0 Å². The van der Waals surface area contributed by atoms with Gasteiger partial charge in [-0.05, 0) is 69.5 Å². The molecule has 0 nitrogen and oxygen atoms in total. The van der Waals surface area contributed by atoms with Gasteiger partial charge in [-0.25, -0.2) is 0 Å². The van der Waals surface area contributed by atoms with Crippen LogP contribution in [-0.2, 0) is 0 Å². The molecular weight excluding hydrogens is 384 g/mol. The number of rotatable bonds is 4. The summed E-state index contributed by atoms with van der Waals surface area (Å²) < 4.78 is 66.6. The van der Waals surface area contributed by atoms with E-state index in [-0.39, 0.29) is 48.3 Å². The van der Waals surface area contributed by atoms with Crippen molar-refractivity contribution in [2.75, 3.05) is 0 Å². The van der Waals surface area contributed by atoms with Crippen molar-refractivity contribution in [2.45, 2.75) is 13.8 Å². The molecule has 5 rings (SSSR count). The van der Waals surface area contributed by atoms with Crippen molar-refractivity contribution < 1.29 is 11.0 Å². The molecule has 0 aliphatic rings.